The zero-order valence-electron chi connectivity index (χ0n) is 14.7. The van der Waals surface area contributed by atoms with Crippen LogP contribution in [0.3, 0.4) is 0 Å². The Hall–Kier alpha value is -4.01. The fraction of sp³-hybridized carbons (Fsp3) is 0.105. The molecule has 0 atom stereocenters. The molecular formula is C19H12N2O7. The summed E-state index contributed by atoms with van der Waals surface area (Å²) < 4.78 is 0. The average Bonchev–Trinajstić information content (AvgIpc) is 3.04. The van der Waals surface area contributed by atoms with Crippen molar-refractivity contribution in [1.29, 1.82) is 0 Å². The summed E-state index contributed by atoms with van der Waals surface area (Å²) in [6.07, 6.45) is -1.57. The minimum absolute atomic E-state index is 0.0779. The summed E-state index contributed by atoms with van der Waals surface area (Å²) in [5.74, 6) is -3.38. The Morgan fingerprint density at radius 3 is 1.43 bits per heavy atom. The molecule has 9 heteroatoms. The van der Waals surface area contributed by atoms with Crippen LogP contribution in [0.25, 0.3) is 0 Å². The lowest BCUT2D eigenvalue weighted by Gasteiger charge is -2.15. The van der Waals surface area contributed by atoms with Gasteiger partial charge in [-0.25, -0.2) is 0 Å². The van der Waals surface area contributed by atoms with Crippen molar-refractivity contribution >= 4 is 29.8 Å². The highest BCUT2D eigenvalue weighted by Crippen LogP contribution is 2.28. The highest BCUT2D eigenvalue weighted by Gasteiger charge is 2.43. The highest BCUT2D eigenvalue weighted by atomic mass is 16.9. The Morgan fingerprint density at radius 2 is 1.07 bits per heavy atom. The first-order valence-corrected chi connectivity index (χ1v) is 8.18. The molecule has 0 fully saturated rings. The van der Waals surface area contributed by atoms with Crippen LogP contribution in [0.15, 0.2) is 36.4 Å². The fourth-order valence-corrected chi connectivity index (χ4v) is 3.20. The SMILES string of the molecule is Cc1cccc2c1C(=O)N(OC(=O)ON1C(=O)c3cccc(C)c3C1=O)C2=O. The van der Waals surface area contributed by atoms with Gasteiger partial charge in [0.25, 0.3) is 23.6 Å². The highest BCUT2D eigenvalue weighted by molar-refractivity contribution is 6.22. The van der Waals surface area contributed by atoms with Gasteiger partial charge in [0.05, 0.1) is 22.3 Å². The van der Waals surface area contributed by atoms with Crippen molar-refractivity contribution < 1.29 is 33.6 Å². The first-order chi connectivity index (χ1) is 13.3. The van der Waals surface area contributed by atoms with Gasteiger partial charge in [0.1, 0.15) is 0 Å². The molecule has 4 rings (SSSR count). The molecule has 0 aliphatic carbocycles. The number of aryl methyl sites for hydroxylation is 2. The number of fused-ring (bicyclic) bond motifs is 2. The van der Waals surface area contributed by atoms with Crippen LogP contribution in [0, 0.1) is 13.8 Å². The van der Waals surface area contributed by atoms with E-state index in [0.29, 0.717) is 11.1 Å². The van der Waals surface area contributed by atoms with Crippen LogP contribution in [-0.4, -0.2) is 39.9 Å². The van der Waals surface area contributed by atoms with Gasteiger partial charge in [0.15, 0.2) is 0 Å². The van der Waals surface area contributed by atoms with Gasteiger partial charge in [-0.1, -0.05) is 34.4 Å². The zero-order chi connectivity index (χ0) is 20.2. The van der Waals surface area contributed by atoms with Crippen molar-refractivity contribution in [3.05, 3.63) is 69.8 Å². The smallest absolute Gasteiger partial charge is 0.293 e. The van der Waals surface area contributed by atoms with Gasteiger partial charge in [-0.2, -0.15) is 4.79 Å². The van der Waals surface area contributed by atoms with Crippen LogP contribution in [0.2, 0.25) is 0 Å². The second kappa shape index (κ2) is 6.02. The Labute approximate surface area is 157 Å². The summed E-state index contributed by atoms with van der Waals surface area (Å²) in [7, 11) is 0. The van der Waals surface area contributed by atoms with Gasteiger partial charge < -0.3 is 0 Å². The molecule has 0 aromatic heterocycles. The third-order valence-electron chi connectivity index (χ3n) is 4.50. The van der Waals surface area contributed by atoms with Crippen molar-refractivity contribution in [3.8, 4) is 0 Å². The van der Waals surface area contributed by atoms with Crippen molar-refractivity contribution in [1.82, 2.24) is 10.1 Å². The Bertz CT molecular complexity index is 1020. The molecule has 140 valence electrons. The lowest BCUT2D eigenvalue weighted by Crippen LogP contribution is -2.38. The first kappa shape index (κ1) is 17.4. The molecule has 0 radical (unpaired) electrons. The number of benzene rings is 2. The number of carbonyl (C=O) groups is 5. The second-order valence-electron chi connectivity index (χ2n) is 6.24. The lowest BCUT2D eigenvalue weighted by atomic mass is 10.0. The van der Waals surface area contributed by atoms with Crippen LogP contribution in [-0.2, 0) is 9.68 Å². The van der Waals surface area contributed by atoms with E-state index in [4.69, 9.17) is 0 Å². The van der Waals surface area contributed by atoms with Gasteiger partial charge in [-0.15, -0.1) is 0 Å². The van der Waals surface area contributed by atoms with E-state index in [0.717, 1.165) is 0 Å². The molecular weight excluding hydrogens is 368 g/mol. The summed E-state index contributed by atoms with van der Waals surface area (Å²) in [6.45, 7) is 3.26. The van der Waals surface area contributed by atoms with Crippen molar-refractivity contribution in [2.24, 2.45) is 0 Å². The topological polar surface area (TPSA) is 110 Å². The third-order valence-corrected chi connectivity index (χ3v) is 4.50. The maximum Gasteiger partial charge on any atom is 0.560 e. The monoisotopic (exact) mass is 380 g/mol. The number of hydrogen-bond acceptors (Lipinski definition) is 7. The van der Waals surface area contributed by atoms with Gasteiger partial charge >= 0.3 is 6.16 Å². The van der Waals surface area contributed by atoms with E-state index < -0.39 is 29.8 Å². The summed E-state index contributed by atoms with van der Waals surface area (Å²) in [5.41, 5.74) is 1.44. The summed E-state index contributed by atoms with van der Waals surface area (Å²) in [6, 6.07) is 9.28. The zero-order valence-corrected chi connectivity index (χ0v) is 14.7. The number of amides is 4. The minimum atomic E-state index is -1.57. The predicted octanol–water partition coefficient (Wildman–Crippen LogP) is 2.18. The molecule has 0 bridgehead atoms. The van der Waals surface area contributed by atoms with E-state index in [1.807, 2.05) is 0 Å². The molecule has 0 spiro atoms. The third kappa shape index (κ3) is 2.37. The molecule has 2 heterocycles. The molecule has 2 aromatic rings. The maximum absolute atomic E-state index is 12.4. The molecule has 9 nitrogen and oxygen atoms in total. The van der Waals surface area contributed by atoms with E-state index in [2.05, 4.69) is 9.68 Å². The van der Waals surface area contributed by atoms with Crippen LogP contribution in [0.1, 0.15) is 52.6 Å². The number of nitrogens with zero attached hydrogens (tertiary/aromatic N) is 2. The first-order valence-electron chi connectivity index (χ1n) is 8.18. The number of hydroxylamine groups is 4. The van der Waals surface area contributed by atoms with E-state index in [9.17, 15) is 24.0 Å². The van der Waals surface area contributed by atoms with Crippen LogP contribution in [0.4, 0.5) is 4.79 Å². The minimum Gasteiger partial charge on any atom is -0.293 e. The Kier molecular flexibility index (Phi) is 3.74. The van der Waals surface area contributed by atoms with Crippen molar-refractivity contribution in [2.45, 2.75) is 13.8 Å². The second-order valence-corrected chi connectivity index (χ2v) is 6.24. The standard InChI is InChI=1S/C19H12N2O7/c1-9-5-3-7-11-13(9)17(24)20(15(11)22)27-19(26)28-21-16(23)12-8-4-6-10(2)14(12)18(21)25/h3-8H,1-2H3. The van der Waals surface area contributed by atoms with Crippen LogP contribution >= 0.6 is 0 Å². The summed E-state index contributed by atoms with van der Waals surface area (Å²) >= 11 is 0. The summed E-state index contributed by atoms with van der Waals surface area (Å²) in [4.78, 5) is 70.8. The predicted molar refractivity (Wildman–Crippen MR) is 90.9 cm³/mol. The molecule has 0 N–H and O–H groups in total. The van der Waals surface area contributed by atoms with Crippen molar-refractivity contribution in [2.75, 3.05) is 0 Å². The fourth-order valence-electron chi connectivity index (χ4n) is 3.20. The summed E-state index contributed by atoms with van der Waals surface area (Å²) in [5, 5.41) is 0.479. The molecule has 2 aromatic carbocycles. The largest absolute Gasteiger partial charge is 0.560 e. The van der Waals surface area contributed by atoms with Gasteiger partial charge in [-0.3, -0.25) is 28.9 Å². The van der Waals surface area contributed by atoms with E-state index in [-0.39, 0.29) is 32.4 Å². The molecule has 2 aliphatic heterocycles. The van der Waals surface area contributed by atoms with Gasteiger partial charge in [0, 0.05) is 0 Å². The average molecular weight is 380 g/mol. The maximum atomic E-state index is 12.4. The number of carbonyl (C=O) groups excluding carboxylic acids is 5. The van der Waals surface area contributed by atoms with Crippen LogP contribution in [0.5, 0.6) is 0 Å². The molecule has 28 heavy (non-hydrogen) atoms. The van der Waals surface area contributed by atoms with Gasteiger partial charge in [-0.05, 0) is 37.1 Å². The van der Waals surface area contributed by atoms with E-state index >= 15 is 0 Å². The van der Waals surface area contributed by atoms with E-state index in [1.165, 1.54) is 12.1 Å². The molecule has 0 saturated carbocycles. The molecule has 0 saturated heterocycles. The van der Waals surface area contributed by atoms with Crippen molar-refractivity contribution in [3.63, 3.8) is 0 Å². The lowest BCUT2D eigenvalue weighted by molar-refractivity contribution is -0.121. The number of hydrogen-bond donors (Lipinski definition) is 0. The quantitative estimate of drug-likeness (QED) is 0.734. The van der Waals surface area contributed by atoms with Crippen LogP contribution < -0.4 is 0 Å². The van der Waals surface area contributed by atoms with E-state index in [1.54, 1.807) is 38.1 Å². The number of imide groups is 2. The normalized spacial score (nSPS) is 15.1. The van der Waals surface area contributed by atoms with Gasteiger partial charge in [0.2, 0.25) is 0 Å². The molecule has 0 unspecified atom stereocenters. The number of rotatable bonds is 2. The Morgan fingerprint density at radius 1 is 0.679 bits per heavy atom. The molecule has 2 aliphatic rings. The Balaban J connectivity index is 1.52. The molecule has 4 amide bonds.